The Balaban J connectivity index is 2.45. The predicted octanol–water partition coefficient (Wildman–Crippen LogP) is 2.28. The van der Waals surface area contributed by atoms with Crippen molar-refractivity contribution in [2.75, 3.05) is 5.75 Å². The van der Waals surface area contributed by atoms with Gasteiger partial charge < -0.3 is 0 Å². The molecule has 1 unspecified atom stereocenters. The molecule has 0 fully saturated rings. The Hall–Kier alpha value is -0.220. The highest BCUT2D eigenvalue weighted by atomic mass is 35.5. The number of thioether (sulfide) groups is 1. The van der Waals surface area contributed by atoms with Crippen molar-refractivity contribution < 1.29 is 0 Å². The zero-order chi connectivity index (χ0) is 9.68. The van der Waals surface area contributed by atoms with E-state index in [0.717, 1.165) is 10.8 Å². The van der Waals surface area contributed by atoms with Crippen molar-refractivity contribution >= 4 is 23.4 Å². The maximum Gasteiger partial charge on any atom is 0.0417 e. The molecule has 0 bridgehead atoms. The van der Waals surface area contributed by atoms with Crippen molar-refractivity contribution in [2.45, 2.75) is 17.9 Å². The molecule has 0 aliphatic rings. The first-order chi connectivity index (χ1) is 6.22. The molecule has 13 heavy (non-hydrogen) atoms. The quantitative estimate of drug-likeness (QED) is 0.461. The van der Waals surface area contributed by atoms with Gasteiger partial charge in [0.05, 0.1) is 0 Å². The van der Waals surface area contributed by atoms with Gasteiger partial charge in [-0.25, -0.2) is 0 Å². The number of halogens is 1. The largest absolute Gasteiger partial charge is 0.271 e. The van der Waals surface area contributed by atoms with E-state index in [2.05, 4.69) is 5.43 Å². The second-order valence-corrected chi connectivity index (χ2v) is 4.37. The monoisotopic (exact) mass is 216 g/mol. The first kappa shape index (κ1) is 10.9. The molecule has 0 radical (unpaired) electrons. The maximum absolute atomic E-state index is 5.84. The number of rotatable bonds is 4. The Kier molecular flexibility index (Phi) is 4.59. The molecule has 0 aliphatic heterocycles. The van der Waals surface area contributed by atoms with Crippen molar-refractivity contribution in [3.05, 3.63) is 29.3 Å². The summed E-state index contributed by atoms with van der Waals surface area (Å²) in [6, 6.07) is 8.13. The summed E-state index contributed by atoms with van der Waals surface area (Å²) in [6.45, 7) is 2.04. The van der Waals surface area contributed by atoms with Crippen LogP contribution in [0.1, 0.15) is 6.92 Å². The number of nitrogens with one attached hydrogen (secondary N) is 1. The first-order valence-corrected chi connectivity index (χ1v) is 5.43. The lowest BCUT2D eigenvalue weighted by molar-refractivity contribution is 0.625. The van der Waals surface area contributed by atoms with Gasteiger partial charge in [-0.15, -0.1) is 11.8 Å². The van der Waals surface area contributed by atoms with Gasteiger partial charge in [0.25, 0.3) is 0 Å². The molecule has 0 aliphatic carbocycles. The molecule has 1 atom stereocenters. The molecule has 72 valence electrons. The maximum atomic E-state index is 5.84. The molecule has 0 saturated carbocycles. The Morgan fingerprint density at radius 2 is 2.38 bits per heavy atom. The van der Waals surface area contributed by atoms with E-state index < -0.39 is 0 Å². The van der Waals surface area contributed by atoms with Crippen LogP contribution in [-0.2, 0) is 0 Å². The number of hydrazine groups is 1. The molecular formula is C9H13ClN2S. The lowest BCUT2D eigenvalue weighted by Gasteiger charge is -2.08. The fraction of sp³-hybridized carbons (Fsp3) is 0.333. The van der Waals surface area contributed by atoms with Crippen LogP contribution in [0.2, 0.25) is 5.02 Å². The minimum atomic E-state index is 0.309. The summed E-state index contributed by atoms with van der Waals surface area (Å²) in [5.74, 6) is 6.22. The van der Waals surface area contributed by atoms with Crippen molar-refractivity contribution in [1.82, 2.24) is 5.43 Å². The Morgan fingerprint density at radius 3 is 3.00 bits per heavy atom. The van der Waals surface area contributed by atoms with Crippen LogP contribution in [0.3, 0.4) is 0 Å². The van der Waals surface area contributed by atoms with Crippen molar-refractivity contribution in [1.29, 1.82) is 0 Å². The SMILES string of the molecule is CC(CSc1cccc(Cl)c1)NN. The van der Waals surface area contributed by atoms with Gasteiger partial charge in [0.2, 0.25) is 0 Å². The van der Waals surface area contributed by atoms with Gasteiger partial charge in [-0.3, -0.25) is 11.3 Å². The van der Waals surface area contributed by atoms with Crippen LogP contribution in [0.25, 0.3) is 0 Å². The molecule has 0 aromatic heterocycles. The number of hydrogen-bond acceptors (Lipinski definition) is 3. The fourth-order valence-corrected chi connectivity index (χ4v) is 2.00. The summed E-state index contributed by atoms with van der Waals surface area (Å²) in [4.78, 5) is 1.18. The summed E-state index contributed by atoms with van der Waals surface area (Å²) in [7, 11) is 0. The lowest BCUT2D eigenvalue weighted by Crippen LogP contribution is -2.34. The van der Waals surface area contributed by atoms with Crippen molar-refractivity contribution in [3.8, 4) is 0 Å². The average molecular weight is 217 g/mol. The lowest BCUT2D eigenvalue weighted by atomic mass is 10.4. The van der Waals surface area contributed by atoms with Gasteiger partial charge in [0.1, 0.15) is 0 Å². The molecule has 0 amide bonds. The highest BCUT2D eigenvalue weighted by molar-refractivity contribution is 7.99. The van der Waals surface area contributed by atoms with E-state index in [4.69, 9.17) is 17.4 Å². The molecule has 0 spiro atoms. The van der Waals surface area contributed by atoms with Crippen molar-refractivity contribution in [2.24, 2.45) is 5.84 Å². The van der Waals surface area contributed by atoms with Gasteiger partial charge in [-0.2, -0.15) is 0 Å². The van der Waals surface area contributed by atoms with Crippen LogP contribution >= 0.6 is 23.4 Å². The predicted molar refractivity (Wildman–Crippen MR) is 59.0 cm³/mol. The van der Waals surface area contributed by atoms with Crippen LogP contribution < -0.4 is 11.3 Å². The standard InChI is InChI=1S/C9H13ClN2S/c1-7(12-11)6-13-9-4-2-3-8(10)5-9/h2-5,7,12H,6,11H2,1H3. The van der Waals surface area contributed by atoms with E-state index in [9.17, 15) is 0 Å². The van der Waals surface area contributed by atoms with Gasteiger partial charge in [-0.05, 0) is 25.1 Å². The average Bonchev–Trinajstić information content (AvgIpc) is 2.14. The van der Waals surface area contributed by atoms with E-state index in [1.807, 2.05) is 31.2 Å². The van der Waals surface area contributed by atoms with Gasteiger partial charge in [-0.1, -0.05) is 17.7 Å². The summed E-state index contributed by atoms with van der Waals surface area (Å²) < 4.78 is 0. The fourth-order valence-electron chi connectivity index (χ4n) is 0.826. The van der Waals surface area contributed by atoms with Crippen molar-refractivity contribution in [3.63, 3.8) is 0 Å². The summed E-state index contributed by atoms with van der Waals surface area (Å²) in [6.07, 6.45) is 0. The Labute approximate surface area is 87.8 Å². The normalized spacial score (nSPS) is 12.8. The number of benzene rings is 1. The van der Waals surface area contributed by atoms with Gasteiger partial charge >= 0.3 is 0 Å². The zero-order valence-corrected chi connectivity index (χ0v) is 9.03. The molecule has 1 aromatic carbocycles. The van der Waals surface area contributed by atoms with Gasteiger partial charge in [0.15, 0.2) is 0 Å². The Bertz CT molecular complexity index is 268. The minimum absolute atomic E-state index is 0.309. The van der Waals surface area contributed by atoms with Crippen LogP contribution in [0.5, 0.6) is 0 Å². The van der Waals surface area contributed by atoms with Crippen LogP contribution in [0.4, 0.5) is 0 Å². The van der Waals surface area contributed by atoms with E-state index in [0.29, 0.717) is 6.04 Å². The topological polar surface area (TPSA) is 38.0 Å². The van der Waals surface area contributed by atoms with Gasteiger partial charge in [0, 0.05) is 21.7 Å². The molecule has 0 heterocycles. The van der Waals surface area contributed by atoms with E-state index >= 15 is 0 Å². The second-order valence-electron chi connectivity index (χ2n) is 2.84. The molecule has 3 N–H and O–H groups in total. The van der Waals surface area contributed by atoms with Crippen LogP contribution in [0.15, 0.2) is 29.2 Å². The molecule has 0 saturated heterocycles. The highest BCUT2D eigenvalue weighted by Crippen LogP contribution is 2.21. The number of hydrogen-bond donors (Lipinski definition) is 2. The van der Waals surface area contributed by atoms with E-state index in [1.54, 1.807) is 11.8 Å². The second kappa shape index (κ2) is 5.50. The smallest absolute Gasteiger partial charge is 0.0417 e. The molecule has 4 heteroatoms. The first-order valence-electron chi connectivity index (χ1n) is 4.07. The summed E-state index contributed by atoms with van der Waals surface area (Å²) in [5, 5.41) is 0.776. The summed E-state index contributed by atoms with van der Waals surface area (Å²) in [5.41, 5.74) is 2.70. The van der Waals surface area contributed by atoms with E-state index in [-0.39, 0.29) is 0 Å². The third-order valence-corrected chi connectivity index (χ3v) is 3.07. The Morgan fingerprint density at radius 1 is 1.62 bits per heavy atom. The molecular weight excluding hydrogens is 204 g/mol. The minimum Gasteiger partial charge on any atom is -0.271 e. The third-order valence-electron chi connectivity index (χ3n) is 1.58. The highest BCUT2D eigenvalue weighted by Gasteiger charge is 2.00. The molecule has 1 aromatic rings. The molecule has 2 nitrogen and oxygen atoms in total. The van der Waals surface area contributed by atoms with Crippen LogP contribution in [0, 0.1) is 0 Å². The molecule has 1 rings (SSSR count). The van der Waals surface area contributed by atoms with Crippen LogP contribution in [-0.4, -0.2) is 11.8 Å². The zero-order valence-electron chi connectivity index (χ0n) is 7.46. The van der Waals surface area contributed by atoms with E-state index in [1.165, 1.54) is 4.90 Å². The third kappa shape index (κ3) is 4.00. The summed E-state index contributed by atoms with van der Waals surface area (Å²) >= 11 is 7.58. The number of nitrogens with two attached hydrogens (primary N) is 1.